The van der Waals surface area contributed by atoms with Crippen LogP contribution in [0.15, 0.2) is 0 Å². The van der Waals surface area contributed by atoms with Gasteiger partial charge in [-0.25, -0.2) is 0 Å². The summed E-state index contributed by atoms with van der Waals surface area (Å²) in [5.74, 6) is -2.65. The molecule has 0 unspecified atom stereocenters. The van der Waals surface area contributed by atoms with Crippen molar-refractivity contribution >= 4 is 58.6 Å². The summed E-state index contributed by atoms with van der Waals surface area (Å²) in [5, 5.41) is 7.74. The van der Waals surface area contributed by atoms with Gasteiger partial charge in [-0.1, -0.05) is 34.8 Å². The molecule has 1 saturated heterocycles. The molecule has 0 radical (unpaired) electrons. The molecule has 5 atom stereocenters. The van der Waals surface area contributed by atoms with Gasteiger partial charge in [-0.05, 0) is 6.92 Å². The van der Waals surface area contributed by atoms with E-state index in [1.165, 1.54) is 13.8 Å². The molecule has 1 N–H and O–H groups in total. The Hall–Kier alpha value is -1.33. The van der Waals surface area contributed by atoms with Crippen LogP contribution in [0.4, 0.5) is 0 Å². The van der Waals surface area contributed by atoms with Gasteiger partial charge in [0.05, 0.1) is 12.7 Å². The number of ether oxygens (including phenoxy) is 6. The molecule has 0 aliphatic carbocycles. The lowest BCUT2D eigenvalue weighted by atomic mass is 9.99. The minimum Gasteiger partial charge on any atom is -0.463 e. The van der Waals surface area contributed by atoms with Crippen LogP contribution < -0.4 is 0 Å². The number of halogens is 3. The summed E-state index contributed by atoms with van der Waals surface area (Å²) in [6.45, 7) is 4.88. The fraction of sp³-hybridized carbons (Fsp3) is 0.750. The third-order valence-electron chi connectivity index (χ3n) is 3.52. The normalized spacial score (nSPS) is 26.9. The average molecular weight is 479 g/mol. The van der Waals surface area contributed by atoms with E-state index in [2.05, 4.69) is 0 Å². The van der Waals surface area contributed by atoms with Crippen LogP contribution in [0.3, 0.4) is 0 Å². The van der Waals surface area contributed by atoms with E-state index in [-0.39, 0.29) is 13.2 Å². The van der Waals surface area contributed by atoms with Crippen molar-refractivity contribution in [2.45, 2.75) is 62.2 Å². The number of esters is 3. The van der Waals surface area contributed by atoms with Crippen LogP contribution in [0, 0.1) is 5.41 Å². The van der Waals surface area contributed by atoms with E-state index in [1.54, 1.807) is 6.92 Å². The molecule has 0 bridgehead atoms. The van der Waals surface area contributed by atoms with Gasteiger partial charge in [-0.3, -0.25) is 19.8 Å². The van der Waals surface area contributed by atoms with Crippen molar-refractivity contribution in [3.63, 3.8) is 0 Å². The summed E-state index contributed by atoms with van der Waals surface area (Å²) in [6, 6.07) is 0. The third kappa shape index (κ3) is 8.51. The summed E-state index contributed by atoms with van der Waals surface area (Å²) in [5.41, 5.74) is 0. The van der Waals surface area contributed by atoms with E-state index in [0.29, 0.717) is 0 Å². The van der Waals surface area contributed by atoms with Gasteiger partial charge >= 0.3 is 17.9 Å². The molecule has 13 heteroatoms. The maximum Gasteiger partial charge on any atom is 0.303 e. The second-order valence-electron chi connectivity index (χ2n) is 5.98. The molecule has 0 amide bonds. The first-order valence-corrected chi connectivity index (χ1v) is 9.53. The van der Waals surface area contributed by atoms with Gasteiger partial charge in [-0.2, -0.15) is 0 Å². The molecule has 1 aliphatic heterocycles. The summed E-state index contributed by atoms with van der Waals surface area (Å²) in [6.07, 6.45) is -5.59. The maximum atomic E-state index is 11.6. The van der Waals surface area contributed by atoms with Gasteiger partial charge in [0.25, 0.3) is 3.79 Å². The second kappa shape index (κ2) is 11.2. The molecule has 0 aromatic heterocycles. The minimum absolute atomic E-state index is 0.101. The predicted molar refractivity (Wildman–Crippen MR) is 101 cm³/mol. The van der Waals surface area contributed by atoms with Crippen molar-refractivity contribution in [2.75, 3.05) is 13.2 Å². The van der Waals surface area contributed by atoms with Gasteiger partial charge in [0.15, 0.2) is 12.2 Å². The molecule has 0 spiro atoms. The lowest BCUT2D eigenvalue weighted by molar-refractivity contribution is -0.289. The molecule has 1 heterocycles. The number of carbonyl (C=O) groups is 3. The first-order valence-electron chi connectivity index (χ1n) is 8.40. The van der Waals surface area contributed by atoms with E-state index in [9.17, 15) is 14.4 Å². The molecule has 1 aliphatic rings. The van der Waals surface area contributed by atoms with E-state index in [4.69, 9.17) is 68.6 Å². The standard InChI is InChI=1S/C16H22Cl3NO9/c1-7-11(27-9(3)22)12(25-6-5-24-8(2)21)13(28-10(4)23)14(26-7)29-15(20)16(17,18)19/h7,11-14,20H,5-6H2,1-4H3/t7-,11-,12+,13-,14-/m1/s1. The van der Waals surface area contributed by atoms with E-state index in [0.717, 1.165) is 6.92 Å². The van der Waals surface area contributed by atoms with Crippen LogP contribution in [0.5, 0.6) is 0 Å². The molecule has 166 valence electrons. The van der Waals surface area contributed by atoms with Gasteiger partial charge in [0.2, 0.25) is 12.2 Å². The zero-order valence-corrected chi connectivity index (χ0v) is 18.4. The Morgan fingerprint density at radius 1 is 0.897 bits per heavy atom. The third-order valence-corrected chi connectivity index (χ3v) is 4.04. The lowest BCUT2D eigenvalue weighted by Crippen LogP contribution is -2.61. The number of hydrogen-bond donors (Lipinski definition) is 1. The van der Waals surface area contributed by atoms with E-state index in [1.807, 2.05) is 0 Å². The van der Waals surface area contributed by atoms with Crippen molar-refractivity contribution in [3.8, 4) is 0 Å². The van der Waals surface area contributed by atoms with Crippen molar-refractivity contribution < 1.29 is 42.8 Å². The highest BCUT2D eigenvalue weighted by atomic mass is 35.6. The Kier molecular flexibility index (Phi) is 9.90. The summed E-state index contributed by atoms with van der Waals surface area (Å²) in [7, 11) is 0. The smallest absolute Gasteiger partial charge is 0.303 e. The molecule has 0 saturated carbocycles. The Morgan fingerprint density at radius 3 is 1.93 bits per heavy atom. The first kappa shape index (κ1) is 25.7. The molecule has 0 aromatic rings. The zero-order chi connectivity index (χ0) is 22.4. The van der Waals surface area contributed by atoms with Crippen LogP contribution in [-0.4, -0.2) is 71.5 Å². The predicted octanol–water partition coefficient (Wildman–Crippen LogP) is 1.91. The topological polar surface area (TPSA) is 130 Å². The fourth-order valence-electron chi connectivity index (χ4n) is 2.48. The number of rotatable bonds is 7. The van der Waals surface area contributed by atoms with Crippen LogP contribution in [-0.2, 0) is 42.8 Å². The fourth-order valence-corrected chi connectivity index (χ4v) is 2.61. The van der Waals surface area contributed by atoms with E-state index < -0.39 is 58.3 Å². The monoisotopic (exact) mass is 477 g/mol. The average Bonchev–Trinajstić information content (AvgIpc) is 2.55. The number of nitrogens with one attached hydrogen (secondary N) is 1. The molecule has 10 nitrogen and oxygen atoms in total. The summed E-state index contributed by atoms with van der Waals surface area (Å²) >= 11 is 16.9. The van der Waals surface area contributed by atoms with Crippen molar-refractivity contribution in [3.05, 3.63) is 0 Å². The Labute approximate surface area is 182 Å². The number of carbonyl (C=O) groups excluding carboxylic acids is 3. The maximum absolute atomic E-state index is 11.6. The first-order chi connectivity index (χ1) is 13.3. The van der Waals surface area contributed by atoms with Crippen molar-refractivity contribution in [1.29, 1.82) is 5.41 Å². The van der Waals surface area contributed by atoms with Gasteiger partial charge in [0, 0.05) is 20.8 Å². The van der Waals surface area contributed by atoms with Crippen LogP contribution in [0.2, 0.25) is 0 Å². The van der Waals surface area contributed by atoms with Crippen molar-refractivity contribution in [1.82, 2.24) is 0 Å². The zero-order valence-electron chi connectivity index (χ0n) is 16.1. The summed E-state index contributed by atoms with van der Waals surface area (Å²) < 4.78 is 29.6. The van der Waals surface area contributed by atoms with Crippen molar-refractivity contribution in [2.24, 2.45) is 0 Å². The summed E-state index contributed by atoms with van der Waals surface area (Å²) in [4.78, 5) is 34.0. The van der Waals surface area contributed by atoms with E-state index >= 15 is 0 Å². The van der Waals surface area contributed by atoms with Gasteiger partial charge in [0.1, 0.15) is 12.7 Å². The molecule has 0 aromatic carbocycles. The molecule has 1 fully saturated rings. The van der Waals surface area contributed by atoms with Gasteiger partial charge in [-0.15, -0.1) is 0 Å². The van der Waals surface area contributed by atoms with Crippen LogP contribution in [0.25, 0.3) is 0 Å². The van der Waals surface area contributed by atoms with Crippen LogP contribution in [0.1, 0.15) is 27.7 Å². The highest BCUT2D eigenvalue weighted by Gasteiger charge is 2.51. The largest absolute Gasteiger partial charge is 0.463 e. The molecule has 29 heavy (non-hydrogen) atoms. The molecular formula is C16H22Cl3NO9. The highest BCUT2D eigenvalue weighted by molar-refractivity contribution is 6.76. The Balaban J connectivity index is 3.11. The molecule has 1 rings (SSSR count). The Morgan fingerprint density at radius 2 is 1.45 bits per heavy atom. The highest BCUT2D eigenvalue weighted by Crippen LogP contribution is 2.33. The second-order valence-corrected chi connectivity index (χ2v) is 8.26. The quantitative estimate of drug-likeness (QED) is 0.145. The SMILES string of the molecule is CC(=O)OCCO[C@@H]1[C@@H](OC(C)=O)[C@@H](OC(=N)C(Cl)(Cl)Cl)O[C@H](C)[C@H]1OC(C)=O. The Bertz CT molecular complexity index is 625. The van der Waals surface area contributed by atoms with Gasteiger partial charge < -0.3 is 28.4 Å². The van der Waals surface area contributed by atoms with Crippen LogP contribution >= 0.6 is 34.8 Å². The minimum atomic E-state index is -2.19. The number of hydrogen-bond acceptors (Lipinski definition) is 10. The number of alkyl halides is 3. The molecular weight excluding hydrogens is 457 g/mol. The lowest BCUT2D eigenvalue weighted by Gasteiger charge is -2.43.